The fourth-order valence-corrected chi connectivity index (χ4v) is 8.57. The van der Waals surface area contributed by atoms with Crippen LogP contribution >= 0.6 is 0 Å². The zero-order chi connectivity index (χ0) is 31.5. The molecule has 0 radical (unpaired) electrons. The molecule has 0 atom stereocenters. The average molecular weight is 611 g/mol. The third kappa shape index (κ3) is 3.30. The summed E-state index contributed by atoms with van der Waals surface area (Å²) in [7, 11) is 0. The molecule has 5 heterocycles. The van der Waals surface area contributed by atoms with Gasteiger partial charge in [0.25, 0.3) is 0 Å². The van der Waals surface area contributed by atoms with Crippen LogP contribution in [0, 0.1) is 6.92 Å². The summed E-state index contributed by atoms with van der Waals surface area (Å²) in [5.74, 6) is 0.753. The van der Waals surface area contributed by atoms with E-state index in [-0.39, 0.29) is 6.85 Å². The highest BCUT2D eigenvalue weighted by molar-refractivity contribution is 6.89. The highest BCUT2D eigenvalue weighted by Gasteiger charge is 2.41. The Morgan fingerprint density at radius 1 is 0.542 bits per heavy atom. The lowest BCUT2D eigenvalue weighted by Crippen LogP contribution is -2.55. The van der Waals surface area contributed by atoms with Crippen LogP contribution in [0.2, 0.25) is 0 Å². The van der Waals surface area contributed by atoms with Crippen molar-refractivity contribution in [3.05, 3.63) is 151 Å². The Morgan fingerprint density at radius 3 is 1.98 bits per heavy atom. The van der Waals surface area contributed by atoms with E-state index in [4.69, 9.17) is 9.97 Å². The molecule has 48 heavy (non-hydrogen) atoms. The highest BCUT2D eigenvalue weighted by atomic mass is 15.0. The van der Waals surface area contributed by atoms with Crippen molar-refractivity contribution in [3.8, 4) is 50.7 Å². The molecule has 9 aromatic rings. The number of hydrogen-bond donors (Lipinski definition) is 0. The van der Waals surface area contributed by atoms with Gasteiger partial charge >= 0.3 is 6.85 Å². The smallest absolute Gasteiger partial charge is 0.332 e. The number of rotatable bonds is 3. The Kier molecular flexibility index (Phi) is 5.09. The first-order chi connectivity index (χ1) is 23.8. The minimum absolute atomic E-state index is 0.0220. The van der Waals surface area contributed by atoms with Crippen molar-refractivity contribution in [2.24, 2.45) is 0 Å². The van der Waals surface area contributed by atoms with Crippen molar-refractivity contribution in [3.63, 3.8) is 0 Å². The summed E-state index contributed by atoms with van der Waals surface area (Å²) in [6.45, 7) is 2.28. The van der Waals surface area contributed by atoms with Gasteiger partial charge in [0.15, 0.2) is 5.82 Å². The monoisotopic (exact) mass is 610 g/mol. The van der Waals surface area contributed by atoms with Gasteiger partial charge in [-0.15, -0.1) is 0 Å². The number of hydrogen-bond acceptors (Lipinski definition) is 2. The van der Waals surface area contributed by atoms with Crippen LogP contribution in [0.1, 0.15) is 5.69 Å². The Bertz CT molecular complexity index is 2740. The highest BCUT2D eigenvalue weighted by Crippen LogP contribution is 2.45. The fourth-order valence-electron chi connectivity index (χ4n) is 8.57. The molecule has 0 bridgehead atoms. The maximum absolute atomic E-state index is 5.31. The van der Waals surface area contributed by atoms with Gasteiger partial charge in [0.05, 0.1) is 22.4 Å². The van der Waals surface area contributed by atoms with E-state index < -0.39 is 0 Å². The lowest BCUT2D eigenvalue weighted by Gasteiger charge is -2.33. The van der Waals surface area contributed by atoms with E-state index in [0.29, 0.717) is 0 Å². The van der Waals surface area contributed by atoms with Gasteiger partial charge in [0, 0.05) is 55.3 Å². The lowest BCUT2D eigenvalue weighted by atomic mass is 9.45. The van der Waals surface area contributed by atoms with Gasteiger partial charge in [-0.25, -0.2) is 9.97 Å². The van der Waals surface area contributed by atoms with Gasteiger partial charge in [-0.1, -0.05) is 127 Å². The van der Waals surface area contributed by atoms with Crippen molar-refractivity contribution in [1.82, 2.24) is 19.0 Å². The molecule has 4 nitrogen and oxygen atoms in total. The van der Waals surface area contributed by atoms with E-state index in [2.05, 4.69) is 162 Å². The Labute approximate surface area is 277 Å². The normalized spacial score (nSPS) is 12.6. The van der Waals surface area contributed by atoms with Gasteiger partial charge in [-0.05, 0) is 41.6 Å². The second-order valence-corrected chi connectivity index (χ2v) is 13.0. The average Bonchev–Trinajstić information content (AvgIpc) is 3.65. The van der Waals surface area contributed by atoms with Gasteiger partial charge in [-0.3, -0.25) is 0 Å². The summed E-state index contributed by atoms with van der Waals surface area (Å²) >= 11 is 0. The summed E-state index contributed by atoms with van der Waals surface area (Å²) in [5.41, 5.74) is 16.6. The SMILES string of the molecule is Cc1c(-c2nc(-c3ccccc3)cc(-c3ccccc3)n2)c2cccc3c2n1B1c2ccccc2-n2c4ccccc4c4ccc-3c1c42. The van der Waals surface area contributed by atoms with Crippen LogP contribution in [0.25, 0.3) is 83.4 Å². The third-order valence-electron chi connectivity index (χ3n) is 10.5. The van der Waals surface area contributed by atoms with Crippen molar-refractivity contribution in [2.75, 3.05) is 0 Å². The Hall–Kier alpha value is -6.20. The second-order valence-electron chi connectivity index (χ2n) is 13.0. The number of fused-ring (bicyclic) bond motifs is 8. The van der Waals surface area contributed by atoms with Gasteiger partial charge in [0.2, 0.25) is 0 Å². The summed E-state index contributed by atoms with van der Waals surface area (Å²) < 4.78 is 5.08. The summed E-state index contributed by atoms with van der Waals surface area (Å²) in [6, 6.07) is 52.3. The second kappa shape index (κ2) is 9.43. The zero-order valence-corrected chi connectivity index (χ0v) is 26.2. The predicted molar refractivity (Wildman–Crippen MR) is 199 cm³/mol. The molecule has 0 unspecified atom stereocenters. The van der Waals surface area contributed by atoms with Crippen LogP contribution in [-0.2, 0) is 0 Å². The van der Waals surface area contributed by atoms with Crippen molar-refractivity contribution >= 4 is 50.5 Å². The molecule has 3 aromatic heterocycles. The molecule has 6 aromatic carbocycles. The molecule has 2 aliphatic heterocycles. The third-order valence-corrected chi connectivity index (χ3v) is 10.5. The molecule has 0 amide bonds. The lowest BCUT2D eigenvalue weighted by molar-refractivity contribution is 1.12. The first kappa shape index (κ1) is 25.9. The molecule has 0 N–H and O–H groups in total. The quantitative estimate of drug-likeness (QED) is 0.188. The Morgan fingerprint density at radius 2 is 1.21 bits per heavy atom. The van der Waals surface area contributed by atoms with E-state index in [9.17, 15) is 0 Å². The number of nitrogens with zero attached hydrogens (tertiary/aromatic N) is 4. The topological polar surface area (TPSA) is 35.6 Å². The predicted octanol–water partition coefficient (Wildman–Crippen LogP) is 8.79. The largest absolute Gasteiger partial charge is 0.379 e. The van der Waals surface area contributed by atoms with Gasteiger partial charge < -0.3 is 9.05 Å². The van der Waals surface area contributed by atoms with Gasteiger partial charge in [-0.2, -0.15) is 0 Å². The van der Waals surface area contributed by atoms with Crippen LogP contribution in [0.4, 0.5) is 0 Å². The standard InChI is InChI=1S/C43H27BN4/c1-26-39(43-45-35(27-13-4-2-5-14-27)25-36(46-43)28-15-6-3-7-16-28)33-19-12-18-31-30-23-24-32-29-17-8-10-21-37(29)47-38-22-11-9-20-34(38)44(40(30)42(32)47)48(26)41(31)33/h2-25H,1H3. The first-order valence-electron chi connectivity index (χ1n) is 16.6. The summed E-state index contributed by atoms with van der Waals surface area (Å²) in [4.78, 5) is 10.6. The van der Waals surface area contributed by atoms with Crippen molar-refractivity contribution in [2.45, 2.75) is 6.92 Å². The maximum atomic E-state index is 5.31. The van der Waals surface area contributed by atoms with E-state index in [1.807, 2.05) is 0 Å². The first-order valence-corrected chi connectivity index (χ1v) is 16.6. The minimum atomic E-state index is 0.0220. The van der Waals surface area contributed by atoms with Crippen molar-refractivity contribution in [1.29, 1.82) is 0 Å². The molecular weight excluding hydrogens is 583 g/mol. The number of para-hydroxylation sites is 3. The summed E-state index contributed by atoms with van der Waals surface area (Å²) in [5, 5.41) is 3.78. The van der Waals surface area contributed by atoms with E-state index >= 15 is 0 Å². The molecule has 0 saturated heterocycles. The minimum Gasteiger partial charge on any atom is -0.379 e. The number of benzene rings is 6. The number of aromatic nitrogens is 4. The van der Waals surface area contributed by atoms with Crippen LogP contribution in [0.3, 0.4) is 0 Å². The molecule has 0 saturated carbocycles. The molecular formula is C43H27BN4. The fraction of sp³-hybridized carbons (Fsp3) is 0.0233. The van der Waals surface area contributed by atoms with E-state index in [0.717, 1.165) is 33.9 Å². The Balaban J connectivity index is 1.26. The van der Waals surface area contributed by atoms with Crippen molar-refractivity contribution < 1.29 is 0 Å². The van der Waals surface area contributed by atoms with Crippen LogP contribution in [-0.4, -0.2) is 25.9 Å². The molecule has 0 spiro atoms. The molecule has 2 aliphatic rings. The van der Waals surface area contributed by atoms with Crippen LogP contribution < -0.4 is 10.9 Å². The molecule has 0 aliphatic carbocycles. The zero-order valence-electron chi connectivity index (χ0n) is 26.2. The van der Waals surface area contributed by atoms with Crippen LogP contribution in [0.5, 0.6) is 0 Å². The van der Waals surface area contributed by atoms with Gasteiger partial charge in [0.1, 0.15) is 0 Å². The van der Waals surface area contributed by atoms with E-state index in [1.54, 1.807) is 0 Å². The molecule has 11 rings (SSSR count). The molecule has 5 heteroatoms. The molecule has 222 valence electrons. The van der Waals surface area contributed by atoms with Crippen LogP contribution in [0.15, 0.2) is 146 Å². The maximum Gasteiger partial charge on any atom is 0.332 e. The summed E-state index contributed by atoms with van der Waals surface area (Å²) in [6.07, 6.45) is 0. The van der Waals surface area contributed by atoms with E-state index in [1.165, 1.54) is 66.1 Å². The molecule has 0 fully saturated rings.